The van der Waals surface area contributed by atoms with Crippen LogP contribution in [0.3, 0.4) is 0 Å². The maximum atomic E-state index is 8.72. The maximum absolute atomic E-state index is 8.72. The smallest absolute Gasteiger partial charge is 0.150 e. The first-order valence-electron chi connectivity index (χ1n) is 11.4. The third-order valence-electron chi connectivity index (χ3n) is 5.18. The third-order valence-corrected chi connectivity index (χ3v) is 7.29. The Morgan fingerprint density at radius 2 is 0.720 bits per heavy atom. The Bertz CT molecular complexity index is 253. The lowest BCUT2D eigenvalue weighted by atomic mass is 10.0. The Hall–Kier alpha value is 0.467. The molecule has 1 N–H and O–H groups in total. The molecule has 0 aliphatic rings. The van der Waals surface area contributed by atoms with Gasteiger partial charge in [-0.1, -0.05) is 122 Å². The van der Waals surface area contributed by atoms with Crippen LogP contribution in [0.4, 0.5) is 0 Å². The van der Waals surface area contributed by atoms with Gasteiger partial charge in [0.25, 0.3) is 0 Å². The summed E-state index contributed by atoms with van der Waals surface area (Å²) in [6.07, 6.45) is 24.9. The number of hydrogen-bond acceptors (Lipinski definition) is 1. The first-order chi connectivity index (χ1) is 12.1. The number of rotatable bonds is 20. The molecule has 0 rings (SSSR count). The topological polar surface area (TPSA) is 20.2 Å². The summed E-state index contributed by atoms with van der Waals surface area (Å²) in [5, 5.41) is 8.72. The molecule has 0 aliphatic heterocycles. The second-order valence-electron chi connectivity index (χ2n) is 8.56. The van der Waals surface area contributed by atoms with Gasteiger partial charge >= 0.3 is 0 Å². The summed E-state index contributed by atoms with van der Waals surface area (Å²) in [5.74, 6) is 0. The van der Waals surface area contributed by atoms with E-state index in [9.17, 15) is 0 Å². The van der Waals surface area contributed by atoms with Gasteiger partial charge in [0, 0.05) is 6.61 Å². The molecule has 0 aliphatic carbocycles. The minimum absolute atomic E-state index is 0.369. The van der Waals surface area contributed by atoms with E-state index >= 15 is 0 Å². The molecule has 0 radical (unpaired) electrons. The van der Waals surface area contributed by atoms with Crippen LogP contribution in [0.25, 0.3) is 0 Å². The van der Waals surface area contributed by atoms with Crippen molar-refractivity contribution in [2.75, 3.05) is 6.61 Å². The molecule has 0 bridgehead atoms. The lowest BCUT2D eigenvalue weighted by Gasteiger charge is -2.11. The average Bonchev–Trinajstić information content (AvgIpc) is 2.56. The van der Waals surface area contributed by atoms with Gasteiger partial charge in [0.15, 0.2) is 0 Å². The summed E-state index contributed by atoms with van der Waals surface area (Å²) in [6.45, 7) is 4.89. The molecule has 1 nitrogen and oxygen atoms in total. The van der Waals surface area contributed by atoms with E-state index in [1.54, 1.807) is 0 Å². The summed E-state index contributed by atoms with van der Waals surface area (Å²) >= 11 is 6.35. The summed E-state index contributed by atoms with van der Waals surface area (Å²) in [4.78, 5) is 0. The van der Waals surface area contributed by atoms with E-state index in [1.807, 2.05) is 0 Å². The molecule has 0 amide bonds. The maximum Gasteiger partial charge on any atom is 0.150 e. The molecule has 0 fully saturated rings. The Kier molecular flexibility index (Phi) is 19.6. The van der Waals surface area contributed by atoms with Gasteiger partial charge in [-0.15, -0.1) is 0 Å². The molecule has 0 aromatic rings. The summed E-state index contributed by atoms with van der Waals surface area (Å²) in [5.41, 5.74) is 0. The third kappa shape index (κ3) is 24.5. The van der Waals surface area contributed by atoms with E-state index in [-0.39, 0.29) is 0 Å². The normalized spacial score (nSPS) is 12.0. The van der Waals surface area contributed by atoms with Crippen LogP contribution in [0, 0.1) is 0 Å². The minimum Gasteiger partial charge on any atom is -0.396 e. The second-order valence-corrected chi connectivity index (χ2v) is 15.6. The van der Waals surface area contributed by atoms with Gasteiger partial charge in [0.1, 0.15) is 7.38 Å². The van der Waals surface area contributed by atoms with Crippen molar-refractivity contribution in [3.05, 3.63) is 0 Å². The molecule has 25 heavy (non-hydrogen) atoms. The van der Waals surface area contributed by atoms with Crippen molar-refractivity contribution in [2.45, 2.75) is 135 Å². The second kappa shape index (κ2) is 19.2. The lowest BCUT2D eigenvalue weighted by Crippen LogP contribution is -2.14. The predicted octanol–water partition coefficient (Wildman–Crippen LogP) is 8.44. The van der Waals surface area contributed by atoms with Gasteiger partial charge in [0.05, 0.1) is 0 Å². The van der Waals surface area contributed by atoms with Gasteiger partial charge in [0.2, 0.25) is 0 Å². The number of unbranched alkanes of at least 4 members (excludes halogenated alkanes) is 17. The standard InChI is InChI=1S/C22H47ClOSi/c1-25(2,23)22-20-18-16-14-12-10-8-6-4-3-5-7-9-11-13-15-17-19-21-24/h24H,3-22H2,1-2H3. The molecule has 152 valence electrons. The fourth-order valence-electron chi connectivity index (χ4n) is 3.49. The molecule has 0 unspecified atom stereocenters. The predicted molar refractivity (Wildman–Crippen MR) is 118 cm³/mol. The Morgan fingerprint density at radius 1 is 0.480 bits per heavy atom. The van der Waals surface area contributed by atoms with Crippen molar-refractivity contribution in [3.63, 3.8) is 0 Å². The van der Waals surface area contributed by atoms with Gasteiger partial charge in [-0.25, -0.2) is 0 Å². The molecule has 0 saturated heterocycles. The highest BCUT2D eigenvalue weighted by Gasteiger charge is 2.15. The van der Waals surface area contributed by atoms with Crippen molar-refractivity contribution < 1.29 is 5.11 Å². The molecule has 0 aromatic carbocycles. The highest BCUT2D eigenvalue weighted by Crippen LogP contribution is 2.19. The average molecular weight is 391 g/mol. The Balaban J connectivity index is 3.01. The van der Waals surface area contributed by atoms with Gasteiger partial charge < -0.3 is 5.11 Å². The zero-order valence-electron chi connectivity index (χ0n) is 17.5. The van der Waals surface area contributed by atoms with Crippen molar-refractivity contribution in [2.24, 2.45) is 0 Å². The van der Waals surface area contributed by atoms with Crippen LogP contribution >= 0.6 is 11.1 Å². The summed E-state index contributed by atoms with van der Waals surface area (Å²) in [7, 11) is -1.31. The van der Waals surface area contributed by atoms with E-state index in [0.717, 1.165) is 6.42 Å². The van der Waals surface area contributed by atoms with Crippen molar-refractivity contribution in [1.29, 1.82) is 0 Å². The molecule has 0 saturated carbocycles. The molecular formula is C22H47ClOSi. The lowest BCUT2D eigenvalue weighted by molar-refractivity contribution is 0.282. The molecule has 0 heterocycles. The quantitative estimate of drug-likeness (QED) is 0.125. The summed E-state index contributed by atoms with van der Waals surface area (Å²) < 4.78 is 0. The van der Waals surface area contributed by atoms with Gasteiger partial charge in [-0.2, -0.15) is 11.1 Å². The van der Waals surface area contributed by atoms with E-state index in [4.69, 9.17) is 16.2 Å². The van der Waals surface area contributed by atoms with E-state index in [0.29, 0.717) is 6.61 Å². The molecular weight excluding hydrogens is 344 g/mol. The minimum atomic E-state index is -1.31. The van der Waals surface area contributed by atoms with Gasteiger partial charge in [-0.05, 0) is 12.5 Å². The van der Waals surface area contributed by atoms with Crippen LogP contribution in [0.5, 0.6) is 0 Å². The number of halogens is 1. The van der Waals surface area contributed by atoms with E-state index in [2.05, 4.69) is 13.1 Å². The Morgan fingerprint density at radius 3 is 0.960 bits per heavy atom. The van der Waals surface area contributed by atoms with Crippen LogP contribution in [-0.2, 0) is 0 Å². The number of aliphatic hydroxyl groups is 1. The molecule has 0 aromatic heterocycles. The molecule has 0 spiro atoms. The van der Waals surface area contributed by atoms with Crippen molar-refractivity contribution in [3.8, 4) is 0 Å². The SMILES string of the molecule is C[Si](C)(Cl)CCCCCCCCCCCCCCCCCCCCO. The fourth-order valence-corrected chi connectivity index (χ4v) is 4.98. The van der Waals surface area contributed by atoms with E-state index in [1.165, 1.54) is 115 Å². The zero-order valence-corrected chi connectivity index (χ0v) is 19.2. The Labute approximate surface area is 165 Å². The van der Waals surface area contributed by atoms with Crippen molar-refractivity contribution in [1.82, 2.24) is 0 Å². The first-order valence-corrected chi connectivity index (χ1v) is 15.6. The highest BCUT2D eigenvalue weighted by molar-refractivity contribution is 7.19. The number of aliphatic hydroxyl groups excluding tert-OH is 1. The number of hydrogen-bond donors (Lipinski definition) is 1. The van der Waals surface area contributed by atoms with Crippen LogP contribution in [-0.4, -0.2) is 19.1 Å². The first kappa shape index (κ1) is 25.5. The summed E-state index contributed by atoms with van der Waals surface area (Å²) in [6, 6.07) is 1.29. The molecule has 0 atom stereocenters. The largest absolute Gasteiger partial charge is 0.396 e. The highest BCUT2D eigenvalue weighted by atomic mass is 35.6. The fraction of sp³-hybridized carbons (Fsp3) is 1.00. The van der Waals surface area contributed by atoms with Gasteiger partial charge in [-0.3, -0.25) is 0 Å². The van der Waals surface area contributed by atoms with Crippen LogP contribution < -0.4 is 0 Å². The zero-order chi connectivity index (χ0) is 18.6. The van der Waals surface area contributed by atoms with Crippen LogP contribution in [0.1, 0.15) is 116 Å². The molecule has 3 heteroatoms. The van der Waals surface area contributed by atoms with Crippen LogP contribution in [0.15, 0.2) is 0 Å². The van der Waals surface area contributed by atoms with E-state index < -0.39 is 7.38 Å². The van der Waals surface area contributed by atoms with Crippen molar-refractivity contribution >= 4 is 18.5 Å². The monoisotopic (exact) mass is 390 g/mol. The van der Waals surface area contributed by atoms with Crippen LogP contribution in [0.2, 0.25) is 19.1 Å².